The van der Waals surface area contributed by atoms with E-state index in [4.69, 9.17) is 0 Å². The maximum absolute atomic E-state index is 13.2. The molecule has 0 aliphatic heterocycles. The number of hydrogen-bond acceptors (Lipinski definition) is 4. The average Bonchev–Trinajstić information content (AvgIpc) is 3.15. The molecule has 29 heavy (non-hydrogen) atoms. The van der Waals surface area contributed by atoms with Crippen molar-refractivity contribution in [1.29, 1.82) is 0 Å². The van der Waals surface area contributed by atoms with Crippen LogP contribution in [0.3, 0.4) is 0 Å². The number of halogens is 1. The molecular formula is C22H25FN4OS. The summed E-state index contributed by atoms with van der Waals surface area (Å²) in [6.07, 6.45) is 1.73. The Balaban J connectivity index is 1.72. The summed E-state index contributed by atoms with van der Waals surface area (Å²) in [6.45, 7) is 6.81. The normalized spacial score (nSPS) is 10.9. The number of thioether (sulfide) groups is 1. The van der Waals surface area contributed by atoms with Gasteiger partial charge >= 0.3 is 0 Å². The van der Waals surface area contributed by atoms with Gasteiger partial charge in [-0.1, -0.05) is 43.8 Å². The van der Waals surface area contributed by atoms with Crippen molar-refractivity contribution in [3.05, 3.63) is 59.4 Å². The summed E-state index contributed by atoms with van der Waals surface area (Å²) in [7, 11) is 0. The molecule has 0 spiro atoms. The fraction of sp³-hybridized carbons (Fsp3) is 0.318. The number of para-hydroxylation sites is 1. The standard InChI is InChI=1S/C22H25FN4OS/c1-4-15-8-7-9-16(5-2)20(15)24-19(28)14-29-22-26-25-21(27(22)6-3)17-10-12-18(23)13-11-17/h7-13H,4-6,14H2,1-3H3,(H,24,28). The molecule has 1 heterocycles. The third kappa shape index (κ3) is 4.85. The summed E-state index contributed by atoms with van der Waals surface area (Å²) in [5.74, 6) is 0.545. The molecule has 0 unspecified atom stereocenters. The number of aromatic nitrogens is 3. The Morgan fingerprint density at radius 2 is 1.69 bits per heavy atom. The Hall–Kier alpha value is -2.67. The number of aryl methyl sites for hydroxylation is 2. The fourth-order valence-corrected chi connectivity index (χ4v) is 4.00. The van der Waals surface area contributed by atoms with Crippen LogP contribution in [-0.4, -0.2) is 26.4 Å². The molecule has 0 atom stereocenters. The smallest absolute Gasteiger partial charge is 0.234 e. The van der Waals surface area contributed by atoms with Gasteiger partial charge in [0, 0.05) is 17.8 Å². The second-order valence-corrected chi connectivity index (χ2v) is 7.50. The minimum absolute atomic E-state index is 0.0698. The number of rotatable bonds is 8. The van der Waals surface area contributed by atoms with Crippen molar-refractivity contribution in [2.75, 3.05) is 11.1 Å². The molecule has 0 saturated carbocycles. The van der Waals surface area contributed by atoms with Crippen LogP contribution in [0.4, 0.5) is 10.1 Å². The summed E-state index contributed by atoms with van der Waals surface area (Å²) >= 11 is 1.35. The van der Waals surface area contributed by atoms with E-state index in [1.807, 2.05) is 29.7 Å². The van der Waals surface area contributed by atoms with E-state index in [-0.39, 0.29) is 17.5 Å². The number of carbonyl (C=O) groups excluding carboxylic acids is 1. The van der Waals surface area contributed by atoms with Crippen molar-refractivity contribution in [2.24, 2.45) is 0 Å². The van der Waals surface area contributed by atoms with E-state index in [1.165, 1.54) is 23.9 Å². The Morgan fingerprint density at radius 1 is 1.03 bits per heavy atom. The van der Waals surface area contributed by atoms with Crippen molar-refractivity contribution in [3.8, 4) is 11.4 Å². The van der Waals surface area contributed by atoms with E-state index < -0.39 is 0 Å². The topological polar surface area (TPSA) is 59.8 Å². The lowest BCUT2D eigenvalue weighted by atomic mass is 10.0. The highest BCUT2D eigenvalue weighted by Crippen LogP contribution is 2.26. The Bertz CT molecular complexity index is 963. The van der Waals surface area contributed by atoms with Gasteiger partial charge in [0.2, 0.25) is 5.91 Å². The summed E-state index contributed by atoms with van der Waals surface area (Å²) < 4.78 is 15.1. The first kappa shape index (κ1) is 21.0. The lowest BCUT2D eigenvalue weighted by Gasteiger charge is -2.14. The summed E-state index contributed by atoms with van der Waals surface area (Å²) in [4.78, 5) is 12.6. The van der Waals surface area contributed by atoms with Crippen LogP contribution in [0.15, 0.2) is 47.6 Å². The molecule has 0 bridgehead atoms. The lowest BCUT2D eigenvalue weighted by Crippen LogP contribution is -2.17. The average molecular weight is 413 g/mol. The highest BCUT2D eigenvalue weighted by Gasteiger charge is 2.16. The molecule has 0 saturated heterocycles. The van der Waals surface area contributed by atoms with Crippen LogP contribution < -0.4 is 5.32 Å². The van der Waals surface area contributed by atoms with E-state index >= 15 is 0 Å². The molecule has 5 nitrogen and oxygen atoms in total. The van der Waals surface area contributed by atoms with E-state index in [9.17, 15) is 9.18 Å². The zero-order valence-electron chi connectivity index (χ0n) is 16.9. The molecule has 1 amide bonds. The van der Waals surface area contributed by atoms with Gasteiger partial charge in [0.15, 0.2) is 11.0 Å². The quantitative estimate of drug-likeness (QED) is 0.531. The van der Waals surface area contributed by atoms with Crippen LogP contribution in [0, 0.1) is 5.82 Å². The number of anilines is 1. The van der Waals surface area contributed by atoms with E-state index in [1.54, 1.807) is 12.1 Å². The minimum Gasteiger partial charge on any atom is -0.325 e. The molecule has 7 heteroatoms. The molecule has 1 aromatic heterocycles. The van der Waals surface area contributed by atoms with Crippen LogP contribution in [0.2, 0.25) is 0 Å². The molecule has 0 fully saturated rings. The van der Waals surface area contributed by atoms with Crippen molar-refractivity contribution in [2.45, 2.75) is 45.3 Å². The summed E-state index contributed by atoms with van der Waals surface area (Å²) in [6, 6.07) is 12.3. The first-order valence-corrected chi connectivity index (χ1v) is 10.8. The second kappa shape index (κ2) is 9.69. The Morgan fingerprint density at radius 3 is 2.28 bits per heavy atom. The number of benzene rings is 2. The van der Waals surface area contributed by atoms with Gasteiger partial charge in [-0.25, -0.2) is 4.39 Å². The molecular weight excluding hydrogens is 387 g/mol. The van der Waals surface area contributed by atoms with Crippen molar-refractivity contribution < 1.29 is 9.18 Å². The van der Waals surface area contributed by atoms with Gasteiger partial charge in [-0.05, 0) is 55.2 Å². The molecule has 1 N–H and O–H groups in total. The monoisotopic (exact) mass is 412 g/mol. The number of hydrogen-bond donors (Lipinski definition) is 1. The van der Waals surface area contributed by atoms with E-state index in [0.29, 0.717) is 17.5 Å². The Kier molecular flexibility index (Phi) is 7.04. The second-order valence-electron chi connectivity index (χ2n) is 6.55. The predicted octanol–water partition coefficient (Wildman–Crippen LogP) is 4.96. The predicted molar refractivity (Wildman–Crippen MR) is 116 cm³/mol. The molecule has 3 rings (SSSR count). The highest BCUT2D eigenvalue weighted by molar-refractivity contribution is 7.99. The summed E-state index contributed by atoms with van der Waals surface area (Å²) in [5.41, 5.74) is 3.99. The van der Waals surface area contributed by atoms with Gasteiger partial charge in [-0.15, -0.1) is 10.2 Å². The fourth-order valence-electron chi connectivity index (χ4n) is 3.20. The maximum atomic E-state index is 13.2. The SMILES string of the molecule is CCc1cccc(CC)c1NC(=O)CSc1nnc(-c2ccc(F)cc2)n1CC. The maximum Gasteiger partial charge on any atom is 0.234 e. The number of nitrogens with one attached hydrogen (secondary N) is 1. The first-order chi connectivity index (χ1) is 14.1. The van der Waals surface area contributed by atoms with Gasteiger partial charge in [0.05, 0.1) is 5.75 Å². The third-order valence-electron chi connectivity index (χ3n) is 4.73. The highest BCUT2D eigenvalue weighted by atomic mass is 32.2. The molecule has 0 radical (unpaired) electrons. The van der Waals surface area contributed by atoms with Crippen molar-refractivity contribution in [1.82, 2.24) is 14.8 Å². The van der Waals surface area contributed by atoms with E-state index in [2.05, 4.69) is 29.4 Å². The number of nitrogens with zero attached hydrogens (tertiary/aromatic N) is 3. The van der Waals surface area contributed by atoms with E-state index in [0.717, 1.165) is 35.2 Å². The van der Waals surface area contributed by atoms with Crippen LogP contribution >= 0.6 is 11.8 Å². The largest absolute Gasteiger partial charge is 0.325 e. The van der Waals surface area contributed by atoms with Gasteiger partial charge in [-0.3, -0.25) is 4.79 Å². The summed E-state index contributed by atoms with van der Waals surface area (Å²) in [5, 5.41) is 12.2. The van der Waals surface area contributed by atoms with Gasteiger partial charge in [-0.2, -0.15) is 0 Å². The van der Waals surface area contributed by atoms with Crippen LogP contribution in [0.1, 0.15) is 31.9 Å². The van der Waals surface area contributed by atoms with Crippen molar-refractivity contribution >= 4 is 23.4 Å². The van der Waals surface area contributed by atoms with Crippen molar-refractivity contribution in [3.63, 3.8) is 0 Å². The third-order valence-corrected chi connectivity index (χ3v) is 5.70. The first-order valence-electron chi connectivity index (χ1n) is 9.79. The number of amides is 1. The van der Waals surface area contributed by atoms with Crippen LogP contribution in [-0.2, 0) is 24.2 Å². The molecule has 2 aromatic carbocycles. The van der Waals surface area contributed by atoms with Crippen LogP contribution in [0.25, 0.3) is 11.4 Å². The van der Waals surface area contributed by atoms with Gasteiger partial charge in [0.25, 0.3) is 0 Å². The van der Waals surface area contributed by atoms with Crippen LogP contribution in [0.5, 0.6) is 0 Å². The molecule has 0 aliphatic rings. The zero-order chi connectivity index (χ0) is 20.8. The van der Waals surface area contributed by atoms with Gasteiger partial charge < -0.3 is 9.88 Å². The molecule has 152 valence electrons. The lowest BCUT2D eigenvalue weighted by molar-refractivity contribution is -0.113. The Labute approximate surface area is 174 Å². The van der Waals surface area contributed by atoms with Gasteiger partial charge in [0.1, 0.15) is 5.82 Å². The number of carbonyl (C=O) groups is 1. The molecule has 3 aromatic rings. The molecule has 0 aliphatic carbocycles. The minimum atomic E-state index is -0.290. The zero-order valence-corrected chi connectivity index (χ0v) is 17.7.